The van der Waals surface area contributed by atoms with E-state index in [0.29, 0.717) is 12.3 Å². The molecule has 0 bridgehead atoms. The summed E-state index contributed by atoms with van der Waals surface area (Å²) in [6, 6.07) is 4.54. The second-order valence-electron chi connectivity index (χ2n) is 2.84. The zero-order chi connectivity index (χ0) is 12.0. The average molecular weight is 221 g/mol. The minimum Gasteiger partial charge on any atom is -0.477 e. The van der Waals surface area contributed by atoms with Crippen molar-refractivity contribution in [3.63, 3.8) is 0 Å². The Kier molecular flexibility index (Phi) is 4.20. The first-order valence-corrected chi connectivity index (χ1v) is 4.68. The van der Waals surface area contributed by atoms with Crippen molar-refractivity contribution < 1.29 is 19.4 Å². The molecule has 5 nitrogen and oxygen atoms in total. The van der Waals surface area contributed by atoms with Crippen molar-refractivity contribution in [2.24, 2.45) is 0 Å². The van der Waals surface area contributed by atoms with Crippen LogP contribution < -0.4 is 0 Å². The average Bonchev–Trinajstić information content (AvgIpc) is 2.27. The van der Waals surface area contributed by atoms with E-state index in [1.165, 1.54) is 18.2 Å². The van der Waals surface area contributed by atoms with E-state index in [9.17, 15) is 9.59 Å². The number of nitrogens with zero attached hydrogens (tertiary/aromatic N) is 1. The molecule has 1 N–H and O–H groups in total. The van der Waals surface area contributed by atoms with Gasteiger partial charge >= 0.3 is 11.9 Å². The molecule has 0 aliphatic rings. The van der Waals surface area contributed by atoms with Crippen LogP contribution in [0.1, 0.15) is 23.1 Å². The molecule has 0 spiro atoms. The molecular formula is C11H11NO4. The quantitative estimate of drug-likeness (QED) is 0.613. The molecule has 0 saturated heterocycles. The highest BCUT2D eigenvalue weighted by Gasteiger charge is 2.03. The molecule has 0 radical (unpaired) electrons. The van der Waals surface area contributed by atoms with Crippen LogP contribution in [-0.4, -0.2) is 28.6 Å². The maximum atomic E-state index is 11.0. The van der Waals surface area contributed by atoms with Gasteiger partial charge in [0, 0.05) is 6.08 Å². The Morgan fingerprint density at radius 1 is 1.50 bits per heavy atom. The molecule has 84 valence electrons. The number of aromatic carboxylic acids is 1. The Morgan fingerprint density at radius 2 is 2.25 bits per heavy atom. The van der Waals surface area contributed by atoms with Gasteiger partial charge in [0.25, 0.3) is 0 Å². The summed E-state index contributed by atoms with van der Waals surface area (Å²) in [6.45, 7) is 2.00. The highest BCUT2D eigenvalue weighted by atomic mass is 16.5. The van der Waals surface area contributed by atoms with E-state index >= 15 is 0 Å². The standard InChI is InChI=1S/C11H11NO4/c1-2-16-10(13)7-6-8-4-3-5-9(12-8)11(14)15/h3-7H,2H2,1H3,(H,14,15)/b7-6+. The Balaban J connectivity index is 2.77. The van der Waals surface area contributed by atoms with Gasteiger partial charge in [-0.1, -0.05) is 6.07 Å². The Labute approximate surface area is 92.4 Å². The molecule has 1 heterocycles. The Morgan fingerprint density at radius 3 is 2.88 bits per heavy atom. The van der Waals surface area contributed by atoms with Gasteiger partial charge in [0.05, 0.1) is 12.3 Å². The topological polar surface area (TPSA) is 76.5 Å². The van der Waals surface area contributed by atoms with Gasteiger partial charge in [0.15, 0.2) is 0 Å². The van der Waals surface area contributed by atoms with Crippen molar-refractivity contribution in [2.45, 2.75) is 6.92 Å². The number of hydrogen-bond acceptors (Lipinski definition) is 4. The fourth-order valence-electron chi connectivity index (χ4n) is 1.01. The summed E-state index contributed by atoms with van der Waals surface area (Å²) in [6.07, 6.45) is 2.61. The predicted molar refractivity (Wildman–Crippen MR) is 56.9 cm³/mol. The molecule has 1 rings (SSSR count). The number of carboxylic acid groups (broad SMARTS) is 1. The van der Waals surface area contributed by atoms with Crippen LogP contribution >= 0.6 is 0 Å². The van der Waals surface area contributed by atoms with Crippen LogP contribution in [0.2, 0.25) is 0 Å². The highest BCUT2D eigenvalue weighted by Crippen LogP contribution is 2.02. The normalized spacial score (nSPS) is 10.3. The lowest BCUT2D eigenvalue weighted by Crippen LogP contribution is -2.01. The minimum atomic E-state index is -1.11. The lowest BCUT2D eigenvalue weighted by Gasteiger charge is -1.96. The second-order valence-corrected chi connectivity index (χ2v) is 2.84. The van der Waals surface area contributed by atoms with Crippen molar-refractivity contribution >= 4 is 18.0 Å². The van der Waals surface area contributed by atoms with Crippen molar-refractivity contribution in [1.82, 2.24) is 4.98 Å². The van der Waals surface area contributed by atoms with Gasteiger partial charge in [-0.15, -0.1) is 0 Å². The van der Waals surface area contributed by atoms with E-state index in [-0.39, 0.29) is 5.69 Å². The number of carboxylic acids is 1. The van der Waals surface area contributed by atoms with E-state index in [1.54, 1.807) is 19.1 Å². The lowest BCUT2D eigenvalue weighted by atomic mass is 10.3. The minimum absolute atomic E-state index is 0.0639. The smallest absolute Gasteiger partial charge is 0.354 e. The van der Waals surface area contributed by atoms with Crippen LogP contribution in [0, 0.1) is 0 Å². The zero-order valence-electron chi connectivity index (χ0n) is 8.71. The van der Waals surface area contributed by atoms with Crippen molar-refractivity contribution in [3.05, 3.63) is 35.7 Å². The monoisotopic (exact) mass is 221 g/mol. The maximum absolute atomic E-state index is 11.0. The van der Waals surface area contributed by atoms with Gasteiger partial charge in [-0.05, 0) is 25.1 Å². The number of pyridine rings is 1. The number of hydrogen-bond donors (Lipinski definition) is 1. The van der Waals surface area contributed by atoms with Gasteiger partial charge in [-0.25, -0.2) is 14.6 Å². The molecule has 0 amide bonds. The largest absolute Gasteiger partial charge is 0.477 e. The van der Waals surface area contributed by atoms with Crippen LogP contribution in [0.15, 0.2) is 24.3 Å². The number of carbonyl (C=O) groups is 2. The number of carbonyl (C=O) groups excluding carboxylic acids is 1. The molecule has 0 aliphatic carbocycles. The van der Waals surface area contributed by atoms with E-state index in [0.717, 1.165) is 0 Å². The molecule has 5 heteroatoms. The third-order valence-corrected chi connectivity index (χ3v) is 1.67. The first-order chi connectivity index (χ1) is 7.63. The molecule has 0 fully saturated rings. The molecule has 0 aliphatic heterocycles. The van der Waals surface area contributed by atoms with Gasteiger partial charge in [-0.3, -0.25) is 0 Å². The predicted octanol–water partition coefficient (Wildman–Crippen LogP) is 1.36. The number of ether oxygens (including phenoxy) is 1. The number of rotatable bonds is 4. The molecule has 0 unspecified atom stereocenters. The van der Waals surface area contributed by atoms with Crippen molar-refractivity contribution in [1.29, 1.82) is 0 Å². The zero-order valence-corrected chi connectivity index (χ0v) is 8.71. The summed E-state index contributed by atoms with van der Waals surface area (Å²) in [4.78, 5) is 25.4. The summed E-state index contributed by atoms with van der Waals surface area (Å²) in [5.41, 5.74) is 0.332. The molecule has 16 heavy (non-hydrogen) atoms. The van der Waals surface area contributed by atoms with Gasteiger partial charge < -0.3 is 9.84 Å². The summed E-state index contributed by atoms with van der Waals surface area (Å²) < 4.78 is 4.67. The van der Waals surface area contributed by atoms with Crippen LogP contribution in [0.3, 0.4) is 0 Å². The maximum Gasteiger partial charge on any atom is 0.354 e. The molecule has 0 aromatic carbocycles. The fourth-order valence-corrected chi connectivity index (χ4v) is 1.01. The number of aromatic nitrogens is 1. The van der Waals surface area contributed by atoms with Crippen molar-refractivity contribution in [2.75, 3.05) is 6.61 Å². The van der Waals surface area contributed by atoms with Crippen LogP contribution in [-0.2, 0) is 9.53 Å². The van der Waals surface area contributed by atoms with E-state index < -0.39 is 11.9 Å². The molecule has 1 aromatic heterocycles. The van der Waals surface area contributed by atoms with Crippen LogP contribution in [0.25, 0.3) is 6.08 Å². The summed E-state index contributed by atoms with van der Waals surface area (Å²) in [5, 5.41) is 8.69. The molecular weight excluding hydrogens is 210 g/mol. The van der Waals surface area contributed by atoms with Gasteiger partial charge in [0.2, 0.25) is 0 Å². The molecule has 0 saturated carbocycles. The van der Waals surface area contributed by atoms with E-state index in [4.69, 9.17) is 5.11 Å². The first kappa shape index (κ1) is 11.9. The third-order valence-electron chi connectivity index (χ3n) is 1.67. The van der Waals surface area contributed by atoms with Crippen LogP contribution in [0.5, 0.6) is 0 Å². The third kappa shape index (κ3) is 3.53. The Hall–Kier alpha value is -2.17. The van der Waals surface area contributed by atoms with E-state index in [2.05, 4.69) is 9.72 Å². The number of esters is 1. The fraction of sp³-hybridized carbons (Fsp3) is 0.182. The highest BCUT2D eigenvalue weighted by molar-refractivity contribution is 5.88. The molecule has 0 atom stereocenters. The summed E-state index contributed by atoms with van der Waals surface area (Å²) in [7, 11) is 0. The van der Waals surface area contributed by atoms with Gasteiger partial charge in [-0.2, -0.15) is 0 Å². The van der Waals surface area contributed by atoms with Crippen molar-refractivity contribution in [3.8, 4) is 0 Å². The van der Waals surface area contributed by atoms with E-state index in [1.807, 2.05) is 0 Å². The van der Waals surface area contributed by atoms with Gasteiger partial charge in [0.1, 0.15) is 5.69 Å². The van der Waals surface area contributed by atoms with Crippen LogP contribution in [0.4, 0.5) is 0 Å². The second kappa shape index (κ2) is 5.65. The molecule has 1 aromatic rings. The summed E-state index contributed by atoms with van der Waals surface area (Å²) in [5.74, 6) is -1.59. The summed E-state index contributed by atoms with van der Waals surface area (Å²) >= 11 is 0. The SMILES string of the molecule is CCOC(=O)/C=C/c1cccc(C(=O)O)n1. The Bertz CT molecular complexity index is 426. The lowest BCUT2D eigenvalue weighted by molar-refractivity contribution is -0.137. The first-order valence-electron chi connectivity index (χ1n) is 4.68.